The van der Waals surface area contributed by atoms with Crippen LogP contribution in [0.15, 0.2) is 60.8 Å². The summed E-state index contributed by atoms with van der Waals surface area (Å²) in [5.41, 5.74) is 5.32. The van der Waals surface area contributed by atoms with Gasteiger partial charge in [-0.15, -0.1) is 0 Å². The Morgan fingerprint density at radius 3 is 2.33 bits per heavy atom. The molecule has 6 rings (SSSR count). The van der Waals surface area contributed by atoms with Crippen LogP contribution in [0.5, 0.6) is 0 Å². The van der Waals surface area contributed by atoms with Crippen molar-refractivity contribution in [3.8, 4) is 17.2 Å². The van der Waals surface area contributed by atoms with E-state index in [1.165, 1.54) is 22.3 Å². The lowest BCUT2D eigenvalue weighted by Gasteiger charge is -2.51. The third-order valence-corrected chi connectivity index (χ3v) is 7.82. The summed E-state index contributed by atoms with van der Waals surface area (Å²) in [7, 11) is 0. The minimum absolute atomic E-state index is 0.00754. The molecule has 2 unspecified atom stereocenters. The van der Waals surface area contributed by atoms with Crippen molar-refractivity contribution in [2.45, 2.75) is 43.4 Å². The van der Waals surface area contributed by atoms with Gasteiger partial charge in [-0.2, -0.15) is 5.26 Å². The zero-order valence-electron chi connectivity index (χ0n) is 20.1. The molecule has 3 aliphatic rings. The van der Waals surface area contributed by atoms with Gasteiger partial charge in [0.2, 0.25) is 0 Å². The predicted molar refractivity (Wildman–Crippen MR) is 132 cm³/mol. The summed E-state index contributed by atoms with van der Waals surface area (Å²) < 4.78 is 11.7. The van der Waals surface area contributed by atoms with E-state index in [1.807, 2.05) is 37.3 Å². The number of aryl methyl sites for hydroxylation is 1. The number of aromatic nitrogens is 1. The maximum Gasteiger partial charge on any atom is 0.410 e. The van der Waals surface area contributed by atoms with Gasteiger partial charge in [-0.25, -0.2) is 9.78 Å². The fraction of sp³-hybridized carbons (Fsp3) is 0.345. The minimum Gasteiger partial charge on any atom is -0.448 e. The molecule has 3 aromatic rings. The molecule has 0 radical (unpaired) electrons. The number of nitriles is 1. The van der Waals surface area contributed by atoms with Crippen LogP contribution in [0.25, 0.3) is 11.1 Å². The van der Waals surface area contributed by atoms with Crippen LogP contribution in [0.4, 0.5) is 4.79 Å². The number of aliphatic hydroxyl groups is 1. The smallest absolute Gasteiger partial charge is 0.410 e. The van der Waals surface area contributed by atoms with Gasteiger partial charge in [-0.3, -0.25) is 4.90 Å². The molecule has 1 aromatic heterocycles. The van der Waals surface area contributed by atoms with Crippen LogP contribution in [0.2, 0.25) is 0 Å². The summed E-state index contributed by atoms with van der Waals surface area (Å²) in [4.78, 5) is 19.4. The third kappa shape index (κ3) is 3.65. The zero-order chi connectivity index (χ0) is 24.9. The van der Waals surface area contributed by atoms with E-state index in [9.17, 15) is 15.2 Å². The molecule has 2 bridgehead atoms. The Hall–Kier alpha value is -3.73. The first-order valence-electron chi connectivity index (χ1n) is 12.3. The SMILES string of the molecule is Cc1cc(C2(O)CC3COCC(C2)N3C(=O)OCC2c3ccccc3-c3ccccc32)cnc1C#N. The molecule has 3 heterocycles. The molecular weight excluding hydrogens is 454 g/mol. The maximum absolute atomic E-state index is 13.4. The Kier molecular flexibility index (Phi) is 5.51. The predicted octanol–water partition coefficient (Wildman–Crippen LogP) is 4.26. The molecule has 7 nitrogen and oxygen atoms in total. The van der Waals surface area contributed by atoms with Crippen molar-refractivity contribution in [1.82, 2.24) is 9.88 Å². The summed E-state index contributed by atoms with van der Waals surface area (Å²) >= 11 is 0. The van der Waals surface area contributed by atoms with Gasteiger partial charge in [0.05, 0.1) is 30.9 Å². The Morgan fingerprint density at radius 1 is 1.14 bits per heavy atom. The summed E-state index contributed by atoms with van der Waals surface area (Å²) in [6.45, 7) is 2.75. The first kappa shape index (κ1) is 22.7. The standard InChI is InChI=1S/C29H27N3O4/c1-18-10-19(14-31-27(18)13-30)29(34)11-20-15-35-16-21(12-29)32(20)28(33)36-17-26-24-8-4-2-6-22(24)23-7-3-5-9-25(23)26/h2-10,14,20-21,26,34H,11-12,15-17H2,1H3. The number of carbonyl (C=O) groups excluding carboxylic acids is 1. The van der Waals surface area contributed by atoms with Crippen molar-refractivity contribution in [2.75, 3.05) is 19.8 Å². The minimum atomic E-state index is -1.15. The summed E-state index contributed by atoms with van der Waals surface area (Å²) in [5, 5.41) is 20.8. The van der Waals surface area contributed by atoms with Crippen molar-refractivity contribution in [1.29, 1.82) is 5.26 Å². The van der Waals surface area contributed by atoms with E-state index in [4.69, 9.17) is 9.47 Å². The van der Waals surface area contributed by atoms with Crippen LogP contribution in [-0.4, -0.2) is 53.0 Å². The first-order valence-corrected chi connectivity index (χ1v) is 12.3. The van der Waals surface area contributed by atoms with E-state index in [2.05, 4.69) is 35.3 Å². The average molecular weight is 482 g/mol. The highest BCUT2D eigenvalue weighted by Gasteiger charge is 2.49. The normalized spacial score (nSPS) is 24.5. The highest BCUT2D eigenvalue weighted by molar-refractivity contribution is 5.79. The van der Waals surface area contributed by atoms with Crippen molar-refractivity contribution >= 4 is 6.09 Å². The monoisotopic (exact) mass is 481 g/mol. The van der Waals surface area contributed by atoms with Crippen LogP contribution in [0, 0.1) is 18.3 Å². The quantitative estimate of drug-likeness (QED) is 0.601. The fourth-order valence-electron chi connectivity index (χ4n) is 6.13. The molecule has 2 saturated heterocycles. The Labute approximate surface area is 209 Å². The second kappa shape index (κ2) is 8.74. The molecule has 1 amide bonds. The Morgan fingerprint density at radius 2 is 1.75 bits per heavy atom. The molecule has 2 fully saturated rings. The highest BCUT2D eigenvalue weighted by Crippen LogP contribution is 2.45. The molecule has 2 atom stereocenters. The summed E-state index contributed by atoms with van der Waals surface area (Å²) in [6, 6.07) is 19.8. The van der Waals surface area contributed by atoms with Gasteiger partial charge in [0, 0.05) is 30.5 Å². The number of hydrogen-bond donors (Lipinski definition) is 1. The average Bonchev–Trinajstić information content (AvgIpc) is 3.20. The van der Waals surface area contributed by atoms with Crippen LogP contribution in [0.3, 0.4) is 0 Å². The topological polar surface area (TPSA) is 95.7 Å². The Bertz CT molecular complexity index is 1320. The van der Waals surface area contributed by atoms with Crippen molar-refractivity contribution in [2.24, 2.45) is 0 Å². The van der Waals surface area contributed by atoms with E-state index >= 15 is 0 Å². The lowest BCUT2D eigenvalue weighted by atomic mass is 9.77. The molecule has 0 spiro atoms. The van der Waals surface area contributed by atoms with E-state index in [0.717, 1.165) is 5.56 Å². The van der Waals surface area contributed by atoms with E-state index in [0.29, 0.717) is 37.3 Å². The van der Waals surface area contributed by atoms with Crippen LogP contribution in [-0.2, 0) is 15.1 Å². The third-order valence-electron chi connectivity index (χ3n) is 7.82. The molecule has 2 aliphatic heterocycles. The van der Waals surface area contributed by atoms with Crippen LogP contribution in [0.1, 0.15) is 46.7 Å². The van der Waals surface area contributed by atoms with Crippen LogP contribution >= 0.6 is 0 Å². The number of carbonyl (C=O) groups is 1. The van der Waals surface area contributed by atoms with Crippen molar-refractivity contribution < 1.29 is 19.4 Å². The zero-order valence-corrected chi connectivity index (χ0v) is 20.1. The number of piperidine rings is 1. The number of rotatable bonds is 3. The first-order chi connectivity index (χ1) is 17.5. The number of fused-ring (bicyclic) bond motifs is 5. The molecule has 7 heteroatoms. The number of nitrogens with zero attached hydrogens (tertiary/aromatic N) is 3. The number of hydrogen-bond acceptors (Lipinski definition) is 6. The van der Waals surface area contributed by atoms with Gasteiger partial charge in [0.15, 0.2) is 0 Å². The molecule has 182 valence electrons. The van der Waals surface area contributed by atoms with Crippen molar-refractivity contribution in [3.63, 3.8) is 0 Å². The van der Waals surface area contributed by atoms with Gasteiger partial charge >= 0.3 is 6.09 Å². The second-order valence-corrected chi connectivity index (χ2v) is 10.00. The molecule has 0 saturated carbocycles. The molecule has 2 aromatic carbocycles. The maximum atomic E-state index is 13.4. The van der Waals surface area contributed by atoms with Crippen LogP contribution < -0.4 is 0 Å². The lowest BCUT2D eigenvalue weighted by molar-refractivity contribution is -0.136. The van der Waals surface area contributed by atoms with Gasteiger partial charge in [-0.1, -0.05) is 48.5 Å². The summed E-state index contributed by atoms with van der Waals surface area (Å²) in [6.07, 6.45) is 1.85. The number of pyridine rings is 1. The van der Waals surface area contributed by atoms with Gasteiger partial charge in [0.1, 0.15) is 18.4 Å². The summed E-state index contributed by atoms with van der Waals surface area (Å²) in [5.74, 6) is -0.00754. The second-order valence-electron chi connectivity index (χ2n) is 10.00. The number of benzene rings is 2. The molecule has 1 aliphatic carbocycles. The van der Waals surface area contributed by atoms with E-state index in [1.54, 1.807) is 11.1 Å². The number of morpholine rings is 1. The van der Waals surface area contributed by atoms with Gasteiger partial charge in [0.25, 0.3) is 0 Å². The van der Waals surface area contributed by atoms with E-state index in [-0.39, 0.29) is 30.7 Å². The van der Waals surface area contributed by atoms with E-state index < -0.39 is 5.60 Å². The number of amides is 1. The van der Waals surface area contributed by atoms with Crippen molar-refractivity contribution in [3.05, 3.63) is 88.7 Å². The fourth-order valence-corrected chi connectivity index (χ4v) is 6.13. The largest absolute Gasteiger partial charge is 0.448 e. The molecule has 1 N–H and O–H groups in total. The number of ether oxygens (including phenoxy) is 2. The molecule has 36 heavy (non-hydrogen) atoms. The Balaban J connectivity index is 1.20. The highest BCUT2D eigenvalue weighted by atomic mass is 16.6. The van der Waals surface area contributed by atoms with Gasteiger partial charge < -0.3 is 14.6 Å². The molecular formula is C29H27N3O4. The van der Waals surface area contributed by atoms with Gasteiger partial charge in [-0.05, 0) is 40.8 Å². The lowest BCUT2D eigenvalue weighted by Crippen LogP contribution is -2.62.